The van der Waals surface area contributed by atoms with E-state index < -0.39 is 0 Å². The first-order chi connectivity index (χ1) is 40.6. The van der Waals surface area contributed by atoms with Crippen LogP contribution in [0.2, 0.25) is 0 Å². The molecular formula is C76H152N2O4. The molecule has 0 bridgehead atoms. The molecule has 0 aliphatic carbocycles. The fourth-order valence-corrected chi connectivity index (χ4v) is 12.3. The van der Waals surface area contributed by atoms with Gasteiger partial charge in [0.1, 0.15) is 0 Å². The second kappa shape index (κ2) is 72.3. The van der Waals surface area contributed by atoms with E-state index in [-0.39, 0.29) is 24.8 Å². The predicted octanol–water partition coefficient (Wildman–Crippen LogP) is 26.3. The minimum absolute atomic E-state index is 0.0825. The van der Waals surface area contributed by atoms with Crippen LogP contribution in [0.4, 0.5) is 0 Å². The Labute approximate surface area is 516 Å². The number of unbranched alkanes of at least 4 members (excludes halogenated alkanes) is 60. The highest BCUT2D eigenvalue weighted by atomic mass is 16.7. The summed E-state index contributed by atoms with van der Waals surface area (Å²) in [5.74, 6) is -0.570. The number of hydroxylamine groups is 4. The molecule has 6 heteroatoms. The van der Waals surface area contributed by atoms with Crippen LogP contribution in [0.15, 0.2) is 0 Å². The summed E-state index contributed by atoms with van der Waals surface area (Å²) in [6.45, 7) is 12.4. The van der Waals surface area contributed by atoms with Gasteiger partial charge in [-0.2, -0.15) is 0 Å². The van der Waals surface area contributed by atoms with E-state index in [9.17, 15) is 9.59 Å². The molecular weight excluding hydrogens is 1000 g/mol. The highest BCUT2D eigenvalue weighted by Crippen LogP contribution is 2.20. The summed E-state index contributed by atoms with van der Waals surface area (Å²) in [6.07, 6.45) is 86.8. The Hall–Kier alpha value is -1.14. The number of nitrogens with zero attached hydrogens (tertiary/aromatic N) is 2. The molecule has 0 rings (SSSR count). The van der Waals surface area contributed by atoms with E-state index in [1.807, 2.05) is 10.1 Å². The lowest BCUT2D eigenvalue weighted by Gasteiger charge is -2.22. The summed E-state index contributed by atoms with van der Waals surface area (Å²) in [4.78, 5) is 38.9. The van der Waals surface area contributed by atoms with E-state index in [0.29, 0.717) is 0 Å². The van der Waals surface area contributed by atoms with Crippen LogP contribution in [0.1, 0.15) is 451 Å². The minimum Gasteiger partial charge on any atom is -0.368 e. The highest BCUT2D eigenvalue weighted by molar-refractivity contribution is 5.77. The molecule has 0 saturated heterocycles. The topological polar surface area (TPSA) is 59.1 Å². The number of rotatable bonds is 73. The van der Waals surface area contributed by atoms with Crippen molar-refractivity contribution in [1.29, 1.82) is 0 Å². The molecule has 0 aromatic rings. The van der Waals surface area contributed by atoms with Crippen molar-refractivity contribution in [2.75, 3.05) is 26.2 Å². The lowest BCUT2D eigenvalue weighted by atomic mass is 10.0. The van der Waals surface area contributed by atoms with E-state index in [1.54, 1.807) is 0 Å². The van der Waals surface area contributed by atoms with Gasteiger partial charge in [0.05, 0.1) is 12.8 Å². The Morgan fingerprint density at radius 2 is 0.293 bits per heavy atom. The molecule has 6 nitrogen and oxygen atoms in total. The summed E-state index contributed by atoms with van der Waals surface area (Å²) in [6, 6.07) is 0. The third-order valence-corrected chi connectivity index (χ3v) is 18.0. The summed E-state index contributed by atoms with van der Waals surface area (Å²) in [5.41, 5.74) is 0. The molecule has 0 saturated carbocycles. The van der Waals surface area contributed by atoms with Gasteiger partial charge in [-0.05, 0) is 25.7 Å². The Morgan fingerprint density at radius 1 is 0.183 bits per heavy atom. The van der Waals surface area contributed by atoms with Crippen LogP contribution in [0.5, 0.6) is 0 Å². The van der Waals surface area contributed by atoms with Crippen molar-refractivity contribution >= 4 is 11.9 Å². The monoisotopic (exact) mass is 1160 g/mol. The Morgan fingerprint density at radius 3 is 0.415 bits per heavy atom. The zero-order valence-corrected chi connectivity index (χ0v) is 57.0. The SMILES string of the molecule is CCCCCCCCCCCCCCCCCCN(CCCCCCCCCCCCCCCCCC)OC(=O)CCC(=O)ON(CCCCCCCCCCCCCCCCCC)CCCCCCCCCCCCCCCCCC. The van der Waals surface area contributed by atoms with Gasteiger partial charge in [0.15, 0.2) is 0 Å². The summed E-state index contributed by atoms with van der Waals surface area (Å²) in [5, 5.41) is 3.89. The molecule has 0 aromatic carbocycles. The van der Waals surface area contributed by atoms with Crippen molar-refractivity contribution in [1.82, 2.24) is 10.1 Å². The van der Waals surface area contributed by atoms with Gasteiger partial charge < -0.3 is 9.68 Å². The zero-order chi connectivity index (χ0) is 59.2. The second-order valence-corrected chi connectivity index (χ2v) is 26.5. The van der Waals surface area contributed by atoms with Gasteiger partial charge in [0.2, 0.25) is 0 Å². The first-order valence-corrected chi connectivity index (χ1v) is 38.5. The van der Waals surface area contributed by atoms with E-state index in [1.165, 1.54) is 385 Å². The smallest absolute Gasteiger partial charge is 0.325 e. The van der Waals surface area contributed by atoms with Crippen LogP contribution in [0.25, 0.3) is 0 Å². The van der Waals surface area contributed by atoms with Crippen LogP contribution >= 0.6 is 0 Å². The molecule has 0 aliphatic rings. The van der Waals surface area contributed by atoms with Crippen LogP contribution in [0, 0.1) is 0 Å². The molecule has 0 aromatic heterocycles. The predicted molar refractivity (Wildman–Crippen MR) is 363 cm³/mol. The van der Waals surface area contributed by atoms with Crippen molar-refractivity contribution in [3.8, 4) is 0 Å². The minimum atomic E-state index is -0.285. The Bertz CT molecular complexity index is 1040. The van der Waals surface area contributed by atoms with E-state index in [2.05, 4.69) is 27.7 Å². The maximum Gasteiger partial charge on any atom is 0.325 e. The summed E-state index contributed by atoms with van der Waals surface area (Å²) >= 11 is 0. The van der Waals surface area contributed by atoms with Gasteiger partial charge in [-0.15, -0.1) is 10.1 Å². The average Bonchev–Trinajstić information content (AvgIpc) is 3.47. The van der Waals surface area contributed by atoms with Gasteiger partial charge in [-0.1, -0.05) is 413 Å². The third-order valence-electron chi connectivity index (χ3n) is 18.0. The molecule has 490 valence electrons. The molecule has 0 unspecified atom stereocenters. The molecule has 0 heterocycles. The molecule has 0 amide bonds. The van der Waals surface area contributed by atoms with Crippen molar-refractivity contribution in [3.05, 3.63) is 0 Å². The maximum atomic E-state index is 13.4. The fourth-order valence-electron chi connectivity index (χ4n) is 12.3. The van der Waals surface area contributed by atoms with Gasteiger partial charge in [0, 0.05) is 26.2 Å². The van der Waals surface area contributed by atoms with Crippen molar-refractivity contribution in [2.24, 2.45) is 0 Å². The molecule has 82 heavy (non-hydrogen) atoms. The van der Waals surface area contributed by atoms with Crippen molar-refractivity contribution < 1.29 is 19.3 Å². The van der Waals surface area contributed by atoms with E-state index in [4.69, 9.17) is 9.68 Å². The van der Waals surface area contributed by atoms with Gasteiger partial charge in [0.25, 0.3) is 0 Å². The Balaban J connectivity index is 4.88. The summed E-state index contributed by atoms with van der Waals surface area (Å²) in [7, 11) is 0. The standard InChI is InChI=1S/C76H152N2O4/c1-5-9-13-17-21-25-29-33-37-41-45-49-53-57-61-65-71-77(72-66-62-58-54-50-46-42-38-34-30-26-22-18-14-10-6-2)81-75(79)69-70-76(80)82-78(73-67-63-59-55-51-47-43-39-35-31-27-23-19-15-11-7-3)74-68-64-60-56-52-48-44-40-36-32-28-24-20-16-12-8-4/h5-74H2,1-4H3. The third kappa shape index (κ3) is 68.0. The first-order valence-electron chi connectivity index (χ1n) is 38.5. The first kappa shape index (κ1) is 80.9. The maximum absolute atomic E-state index is 13.4. The van der Waals surface area contributed by atoms with Crippen LogP contribution < -0.4 is 0 Å². The van der Waals surface area contributed by atoms with Gasteiger partial charge in [-0.25, -0.2) is 0 Å². The van der Waals surface area contributed by atoms with Crippen LogP contribution in [-0.4, -0.2) is 48.2 Å². The lowest BCUT2D eigenvalue weighted by Crippen LogP contribution is -2.31. The van der Waals surface area contributed by atoms with Crippen LogP contribution in [-0.2, 0) is 19.3 Å². The highest BCUT2D eigenvalue weighted by Gasteiger charge is 2.17. The van der Waals surface area contributed by atoms with Crippen molar-refractivity contribution in [3.63, 3.8) is 0 Å². The largest absolute Gasteiger partial charge is 0.368 e. The number of carbonyl (C=O) groups excluding carboxylic acids is 2. The number of hydrogen-bond acceptors (Lipinski definition) is 6. The van der Waals surface area contributed by atoms with E-state index in [0.717, 1.165) is 51.9 Å². The molecule has 0 atom stereocenters. The molecule has 0 aliphatic heterocycles. The molecule has 0 N–H and O–H groups in total. The molecule has 0 radical (unpaired) electrons. The number of carbonyl (C=O) groups is 2. The lowest BCUT2D eigenvalue weighted by molar-refractivity contribution is -0.198. The van der Waals surface area contributed by atoms with Crippen molar-refractivity contribution in [2.45, 2.75) is 451 Å². The second-order valence-electron chi connectivity index (χ2n) is 26.5. The normalized spacial score (nSPS) is 11.7. The molecule has 0 spiro atoms. The quantitative estimate of drug-likeness (QED) is 0.0447. The van der Waals surface area contributed by atoms with Gasteiger partial charge >= 0.3 is 11.9 Å². The van der Waals surface area contributed by atoms with Gasteiger partial charge in [-0.3, -0.25) is 9.59 Å². The van der Waals surface area contributed by atoms with Crippen LogP contribution in [0.3, 0.4) is 0 Å². The fraction of sp³-hybridized carbons (Fsp3) is 0.974. The molecule has 0 fully saturated rings. The summed E-state index contributed by atoms with van der Waals surface area (Å²) < 4.78 is 0. The Kier molecular flexibility index (Phi) is 71.3. The van der Waals surface area contributed by atoms with E-state index >= 15 is 0 Å². The average molecular weight is 1160 g/mol. The number of hydrogen-bond donors (Lipinski definition) is 0. The zero-order valence-electron chi connectivity index (χ0n) is 57.0.